The van der Waals surface area contributed by atoms with Gasteiger partial charge in [-0.05, 0) is 74.4 Å². The molecule has 0 N–H and O–H groups in total. The average Bonchev–Trinajstić information content (AvgIpc) is 3.15. The summed E-state index contributed by atoms with van der Waals surface area (Å²) in [7, 11) is 1.23. The maximum atomic E-state index is 12.7. The zero-order valence-corrected chi connectivity index (χ0v) is 18.0. The molecule has 6 nitrogen and oxygen atoms in total. The standard InChI is InChI=1S/C22H24N2O4S/c1-6-16-7-9-18(10-8-16)23-13(2)11-17(14(23)3)12-19-20(25)24(22(27)29-19)15(4)21(26)28-5/h7-12,15H,6H2,1-5H3/b19-12+/t15-/m1/s1. The topological polar surface area (TPSA) is 68.6 Å². The molecule has 1 saturated heterocycles. The molecule has 0 radical (unpaired) electrons. The first-order valence-corrected chi connectivity index (χ1v) is 10.2. The number of aryl methyl sites for hydroxylation is 2. The van der Waals surface area contributed by atoms with Crippen molar-refractivity contribution in [2.45, 2.75) is 40.2 Å². The summed E-state index contributed by atoms with van der Waals surface area (Å²) in [6.07, 6.45) is 2.70. The van der Waals surface area contributed by atoms with E-state index in [1.54, 1.807) is 6.08 Å². The van der Waals surface area contributed by atoms with Gasteiger partial charge in [-0.1, -0.05) is 19.1 Å². The number of esters is 1. The minimum atomic E-state index is -0.956. The Balaban J connectivity index is 1.94. The van der Waals surface area contributed by atoms with Crippen LogP contribution in [0.25, 0.3) is 11.8 Å². The molecule has 1 aromatic heterocycles. The number of benzene rings is 1. The summed E-state index contributed by atoms with van der Waals surface area (Å²) in [4.78, 5) is 38.0. The summed E-state index contributed by atoms with van der Waals surface area (Å²) in [5, 5.41) is -0.469. The molecular weight excluding hydrogens is 388 g/mol. The minimum Gasteiger partial charge on any atom is -0.467 e. The van der Waals surface area contributed by atoms with E-state index in [4.69, 9.17) is 0 Å². The zero-order valence-electron chi connectivity index (χ0n) is 17.2. The van der Waals surface area contributed by atoms with Gasteiger partial charge in [0.1, 0.15) is 6.04 Å². The zero-order chi connectivity index (χ0) is 21.3. The Morgan fingerprint density at radius 3 is 2.45 bits per heavy atom. The van der Waals surface area contributed by atoms with Crippen LogP contribution in [0.1, 0.15) is 36.4 Å². The molecule has 2 amide bonds. The number of hydrogen-bond acceptors (Lipinski definition) is 5. The van der Waals surface area contributed by atoms with Crippen LogP contribution < -0.4 is 0 Å². The second-order valence-corrected chi connectivity index (χ2v) is 7.93. The van der Waals surface area contributed by atoms with E-state index < -0.39 is 23.2 Å². The highest BCUT2D eigenvalue weighted by Crippen LogP contribution is 2.35. The molecule has 29 heavy (non-hydrogen) atoms. The molecule has 0 unspecified atom stereocenters. The average molecular weight is 413 g/mol. The van der Waals surface area contributed by atoms with Crippen molar-refractivity contribution in [3.05, 3.63) is 57.8 Å². The van der Waals surface area contributed by atoms with Crippen molar-refractivity contribution < 1.29 is 19.1 Å². The van der Waals surface area contributed by atoms with E-state index in [2.05, 4.69) is 40.5 Å². The number of nitrogens with zero attached hydrogens (tertiary/aromatic N) is 2. The van der Waals surface area contributed by atoms with Crippen molar-refractivity contribution in [2.75, 3.05) is 7.11 Å². The van der Waals surface area contributed by atoms with Crippen molar-refractivity contribution in [1.82, 2.24) is 9.47 Å². The van der Waals surface area contributed by atoms with Crippen molar-refractivity contribution in [1.29, 1.82) is 0 Å². The lowest BCUT2D eigenvalue weighted by atomic mass is 10.1. The molecule has 1 aromatic carbocycles. The van der Waals surface area contributed by atoms with Gasteiger partial charge < -0.3 is 9.30 Å². The van der Waals surface area contributed by atoms with Crippen molar-refractivity contribution in [2.24, 2.45) is 0 Å². The number of amides is 2. The molecule has 1 aliphatic rings. The second kappa shape index (κ2) is 8.29. The van der Waals surface area contributed by atoms with Crippen molar-refractivity contribution in [3.8, 4) is 5.69 Å². The Morgan fingerprint density at radius 1 is 1.21 bits per heavy atom. The van der Waals surface area contributed by atoms with Gasteiger partial charge in [0.05, 0.1) is 12.0 Å². The summed E-state index contributed by atoms with van der Waals surface area (Å²) < 4.78 is 6.78. The third-order valence-electron chi connectivity index (χ3n) is 5.11. The van der Waals surface area contributed by atoms with E-state index >= 15 is 0 Å². The summed E-state index contributed by atoms with van der Waals surface area (Å²) in [6.45, 7) is 7.58. The highest BCUT2D eigenvalue weighted by molar-refractivity contribution is 8.18. The molecule has 0 spiro atoms. The fourth-order valence-electron chi connectivity index (χ4n) is 3.44. The number of carbonyl (C=O) groups is 3. The summed E-state index contributed by atoms with van der Waals surface area (Å²) in [6, 6.07) is 9.40. The monoisotopic (exact) mass is 412 g/mol. The highest BCUT2D eigenvalue weighted by Gasteiger charge is 2.41. The van der Waals surface area contributed by atoms with Crippen LogP contribution in [0.15, 0.2) is 35.2 Å². The highest BCUT2D eigenvalue weighted by atomic mass is 32.2. The van der Waals surface area contributed by atoms with Gasteiger partial charge in [-0.3, -0.25) is 14.5 Å². The van der Waals surface area contributed by atoms with Gasteiger partial charge in [0, 0.05) is 17.1 Å². The molecule has 0 aliphatic carbocycles. The number of carbonyl (C=O) groups excluding carboxylic acids is 3. The van der Waals surface area contributed by atoms with Crippen LogP contribution in [0.5, 0.6) is 0 Å². The number of ether oxygens (including phenoxy) is 1. The third kappa shape index (κ3) is 3.87. The lowest BCUT2D eigenvalue weighted by molar-refractivity contribution is -0.148. The van der Waals surface area contributed by atoms with Crippen LogP contribution in [0, 0.1) is 13.8 Å². The van der Waals surface area contributed by atoms with E-state index in [9.17, 15) is 14.4 Å². The smallest absolute Gasteiger partial charge is 0.328 e. The molecule has 7 heteroatoms. The molecule has 2 aromatic rings. The first-order chi connectivity index (χ1) is 13.8. The maximum Gasteiger partial charge on any atom is 0.328 e. The Labute approximate surface area is 174 Å². The number of rotatable bonds is 5. The summed E-state index contributed by atoms with van der Waals surface area (Å²) >= 11 is 0.839. The number of hydrogen-bond donors (Lipinski definition) is 0. The van der Waals surface area contributed by atoms with E-state index in [1.165, 1.54) is 19.6 Å². The van der Waals surface area contributed by atoms with Gasteiger partial charge in [0.15, 0.2) is 0 Å². The largest absolute Gasteiger partial charge is 0.467 e. The van der Waals surface area contributed by atoms with Gasteiger partial charge >= 0.3 is 5.97 Å². The van der Waals surface area contributed by atoms with Crippen LogP contribution in [0.3, 0.4) is 0 Å². The number of methoxy groups -OCH3 is 1. The van der Waals surface area contributed by atoms with Crippen LogP contribution in [0.4, 0.5) is 4.79 Å². The molecule has 152 valence electrons. The summed E-state index contributed by atoms with van der Waals surface area (Å²) in [5.41, 5.74) is 5.17. The Morgan fingerprint density at radius 2 is 1.86 bits per heavy atom. The van der Waals surface area contributed by atoms with Crippen molar-refractivity contribution >= 4 is 35.0 Å². The van der Waals surface area contributed by atoms with Crippen LogP contribution in [-0.2, 0) is 20.7 Å². The predicted molar refractivity (Wildman–Crippen MR) is 114 cm³/mol. The SMILES string of the molecule is CCc1ccc(-n2c(C)cc(/C=C3/SC(=O)N([C@H](C)C(=O)OC)C3=O)c2C)cc1. The van der Waals surface area contributed by atoms with E-state index in [0.717, 1.165) is 45.7 Å². The first-order valence-electron chi connectivity index (χ1n) is 9.41. The van der Waals surface area contributed by atoms with Crippen molar-refractivity contribution in [3.63, 3.8) is 0 Å². The van der Waals surface area contributed by atoms with E-state index in [-0.39, 0.29) is 0 Å². The Hall–Kier alpha value is -2.80. The van der Waals surface area contributed by atoms with Gasteiger partial charge in [-0.2, -0.15) is 0 Å². The predicted octanol–water partition coefficient (Wildman–Crippen LogP) is 4.25. The fraction of sp³-hybridized carbons (Fsp3) is 0.318. The third-order valence-corrected chi connectivity index (χ3v) is 6.00. The molecule has 2 heterocycles. The molecule has 0 bridgehead atoms. The molecule has 1 atom stereocenters. The van der Waals surface area contributed by atoms with Gasteiger partial charge in [-0.15, -0.1) is 0 Å². The van der Waals surface area contributed by atoms with Crippen LogP contribution >= 0.6 is 11.8 Å². The summed E-state index contributed by atoms with van der Waals surface area (Å²) in [5.74, 6) is -1.10. The lowest BCUT2D eigenvalue weighted by Gasteiger charge is -2.18. The number of thioether (sulfide) groups is 1. The van der Waals surface area contributed by atoms with E-state index in [0.29, 0.717) is 4.91 Å². The second-order valence-electron chi connectivity index (χ2n) is 6.93. The van der Waals surface area contributed by atoms with E-state index in [1.807, 2.05) is 19.9 Å². The maximum absolute atomic E-state index is 12.7. The van der Waals surface area contributed by atoms with Crippen LogP contribution in [-0.4, -0.2) is 39.7 Å². The molecule has 0 saturated carbocycles. The Kier molecular flexibility index (Phi) is 5.98. The van der Waals surface area contributed by atoms with Gasteiger partial charge in [0.25, 0.3) is 11.1 Å². The number of aromatic nitrogens is 1. The van der Waals surface area contributed by atoms with Crippen LogP contribution in [0.2, 0.25) is 0 Å². The molecule has 1 aliphatic heterocycles. The normalized spacial score (nSPS) is 16.6. The van der Waals surface area contributed by atoms with Gasteiger partial charge in [0.2, 0.25) is 0 Å². The van der Waals surface area contributed by atoms with Gasteiger partial charge in [-0.25, -0.2) is 4.79 Å². The minimum absolute atomic E-state index is 0.298. The fourth-order valence-corrected chi connectivity index (χ4v) is 4.34. The first kappa shape index (κ1) is 20.9. The molecule has 3 rings (SSSR count). The lowest BCUT2D eigenvalue weighted by Crippen LogP contribution is -2.42. The molecule has 1 fully saturated rings. The molecular formula is C22H24N2O4S. The number of imide groups is 1. The quantitative estimate of drug-likeness (QED) is 0.542. The Bertz CT molecular complexity index is 1000.